The van der Waals surface area contributed by atoms with E-state index in [1.165, 1.54) is 6.21 Å². The van der Waals surface area contributed by atoms with Crippen LogP contribution in [-0.2, 0) is 9.63 Å². The van der Waals surface area contributed by atoms with E-state index in [-0.39, 0.29) is 12.5 Å². The van der Waals surface area contributed by atoms with Gasteiger partial charge in [-0.1, -0.05) is 47.6 Å². The largest absolute Gasteiger partial charge is 0.388 e. The average molecular weight is 322 g/mol. The summed E-state index contributed by atoms with van der Waals surface area (Å²) in [7, 11) is 5.76. The minimum atomic E-state index is -0.371. The fourth-order valence-electron chi connectivity index (χ4n) is 2.58. The third-order valence-electron chi connectivity index (χ3n) is 3.57. The SMILES string of the molecule is C[N+](C)(C)CC(=O)O/N=C/c1nc2ccccc2c2ccccc12. The Morgan fingerprint density at radius 1 is 1.04 bits per heavy atom. The molecule has 0 unspecified atom stereocenters. The van der Waals surface area contributed by atoms with Crippen LogP contribution in [0.25, 0.3) is 21.7 Å². The highest BCUT2D eigenvalue weighted by Crippen LogP contribution is 2.25. The summed E-state index contributed by atoms with van der Waals surface area (Å²) in [6.45, 7) is 0.253. The average Bonchev–Trinajstić information content (AvgIpc) is 2.53. The lowest BCUT2D eigenvalue weighted by Crippen LogP contribution is -2.39. The second-order valence-electron chi connectivity index (χ2n) is 6.71. The Morgan fingerprint density at radius 2 is 1.67 bits per heavy atom. The molecule has 0 fully saturated rings. The van der Waals surface area contributed by atoms with E-state index in [2.05, 4.69) is 16.2 Å². The molecule has 0 amide bonds. The highest BCUT2D eigenvalue weighted by molar-refractivity contribution is 6.11. The maximum atomic E-state index is 11.8. The van der Waals surface area contributed by atoms with E-state index in [1.54, 1.807) is 0 Å². The molecule has 5 heteroatoms. The molecule has 0 saturated carbocycles. The molecule has 5 nitrogen and oxygen atoms in total. The van der Waals surface area contributed by atoms with Gasteiger partial charge in [-0.3, -0.25) is 0 Å². The molecule has 0 radical (unpaired) electrons. The lowest BCUT2D eigenvalue weighted by molar-refractivity contribution is -0.862. The minimum Gasteiger partial charge on any atom is -0.322 e. The molecule has 1 aromatic heterocycles. The number of carbonyl (C=O) groups is 1. The molecule has 122 valence electrons. The van der Waals surface area contributed by atoms with Crippen LogP contribution in [0.3, 0.4) is 0 Å². The second kappa shape index (κ2) is 6.37. The topological polar surface area (TPSA) is 51.5 Å². The number of fused-ring (bicyclic) bond motifs is 3. The number of hydrogen-bond donors (Lipinski definition) is 0. The van der Waals surface area contributed by atoms with Crippen LogP contribution >= 0.6 is 0 Å². The predicted molar refractivity (Wildman–Crippen MR) is 95.8 cm³/mol. The molecule has 2 aromatic carbocycles. The monoisotopic (exact) mass is 322 g/mol. The van der Waals surface area contributed by atoms with Gasteiger partial charge in [0.1, 0.15) is 0 Å². The van der Waals surface area contributed by atoms with E-state index < -0.39 is 0 Å². The van der Waals surface area contributed by atoms with Crippen LogP contribution in [0.5, 0.6) is 0 Å². The first kappa shape index (κ1) is 16.1. The normalized spacial score (nSPS) is 12.1. The van der Waals surface area contributed by atoms with Gasteiger partial charge in [0.15, 0.2) is 6.54 Å². The number of quaternary nitrogens is 1. The Balaban J connectivity index is 1.94. The summed E-state index contributed by atoms with van der Waals surface area (Å²) in [6, 6.07) is 16.0. The van der Waals surface area contributed by atoms with Gasteiger partial charge in [0, 0.05) is 10.8 Å². The molecule has 1 heterocycles. The zero-order chi connectivity index (χ0) is 17.2. The number of pyridine rings is 1. The summed E-state index contributed by atoms with van der Waals surface area (Å²) in [5.41, 5.74) is 1.57. The summed E-state index contributed by atoms with van der Waals surface area (Å²) >= 11 is 0. The number of rotatable bonds is 4. The van der Waals surface area contributed by atoms with Crippen molar-refractivity contribution < 1.29 is 14.1 Å². The molecule has 0 bridgehead atoms. The van der Waals surface area contributed by atoms with Crippen molar-refractivity contribution in [2.24, 2.45) is 5.16 Å². The number of carbonyl (C=O) groups excluding carboxylic acids is 1. The van der Waals surface area contributed by atoms with Gasteiger partial charge in [0.2, 0.25) is 0 Å². The Hall–Kier alpha value is -2.79. The number of oxime groups is 1. The quantitative estimate of drug-likeness (QED) is 0.244. The number of hydrogen-bond acceptors (Lipinski definition) is 4. The van der Waals surface area contributed by atoms with E-state index in [0.29, 0.717) is 10.2 Å². The first-order valence-corrected chi connectivity index (χ1v) is 7.75. The zero-order valence-corrected chi connectivity index (χ0v) is 14.1. The molecule has 0 N–H and O–H groups in total. The van der Waals surface area contributed by atoms with Crippen LogP contribution in [0.15, 0.2) is 53.7 Å². The Labute approximate surface area is 140 Å². The van der Waals surface area contributed by atoms with Gasteiger partial charge in [-0.15, -0.1) is 0 Å². The van der Waals surface area contributed by atoms with Crippen molar-refractivity contribution in [3.05, 3.63) is 54.2 Å². The molecule has 0 aliphatic carbocycles. The maximum Gasteiger partial charge on any atom is 0.388 e. The molecular formula is C19H20N3O2+. The van der Waals surface area contributed by atoms with Crippen molar-refractivity contribution in [2.75, 3.05) is 27.7 Å². The molecule has 0 aliphatic rings. The highest BCUT2D eigenvalue weighted by atomic mass is 16.7. The van der Waals surface area contributed by atoms with E-state index >= 15 is 0 Å². The van der Waals surface area contributed by atoms with Gasteiger partial charge >= 0.3 is 5.97 Å². The Kier molecular flexibility index (Phi) is 4.27. The number of likely N-dealkylation sites (N-methyl/N-ethyl adjacent to an activating group) is 1. The molecular weight excluding hydrogens is 302 g/mol. The summed E-state index contributed by atoms with van der Waals surface area (Å²) in [6.07, 6.45) is 1.50. The highest BCUT2D eigenvalue weighted by Gasteiger charge is 2.15. The van der Waals surface area contributed by atoms with Crippen molar-refractivity contribution in [2.45, 2.75) is 0 Å². The van der Waals surface area contributed by atoms with Gasteiger partial charge in [0.25, 0.3) is 0 Å². The van der Waals surface area contributed by atoms with Gasteiger partial charge in [-0.25, -0.2) is 9.78 Å². The smallest absolute Gasteiger partial charge is 0.322 e. The summed E-state index contributed by atoms with van der Waals surface area (Å²) in [4.78, 5) is 21.3. The van der Waals surface area contributed by atoms with E-state index in [4.69, 9.17) is 4.84 Å². The van der Waals surface area contributed by atoms with Gasteiger partial charge in [-0.2, -0.15) is 0 Å². The molecule has 0 spiro atoms. The second-order valence-corrected chi connectivity index (χ2v) is 6.71. The van der Waals surface area contributed by atoms with Gasteiger partial charge in [-0.05, 0) is 11.5 Å². The summed E-state index contributed by atoms with van der Waals surface area (Å²) in [5, 5.41) is 7.00. The van der Waals surface area contributed by atoms with Crippen LogP contribution < -0.4 is 0 Å². The fraction of sp³-hybridized carbons (Fsp3) is 0.211. The van der Waals surface area contributed by atoms with E-state index in [0.717, 1.165) is 21.7 Å². The molecule has 0 atom stereocenters. The van der Waals surface area contributed by atoms with Crippen molar-refractivity contribution in [3.63, 3.8) is 0 Å². The van der Waals surface area contributed by atoms with Crippen molar-refractivity contribution in [1.82, 2.24) is 4.98 Å². The first-order chi connectivity index (χ1) is 11.4. The maximum absolute atomic E-state index is 11.8. The van der Waals surface area contributed by atoms with Gasteiger partial charge in [0.05, 0.1) is 38.6 Å². The zero-order valence-electron chi connectivity index (χ0n) is 14.1. The molecule has 0 aliphatic heterocycles. The number of nitrogens with zero attached hydrogens (tertiary/aromatic N) is 3. The van der Waals surface area contributed by atoms with Crippen molar-refractivity contribution >= 4 is 33.9 Å². The standard InChI is InChI=1S/C19H20N3O2/c1-22(2,3)13-19(23)24-20-12-18-16-10-5-4-8-14(16)15-9-6-7-11-17(15)21-18/h4-12H,13H2,1-3H3/q+1/b20-12+. The van der Waals surface area contributed by atoms with Crippen LogP contribution in [0.2, 0.25) is 0 Å². The Morgan fingerprint density at radius 3 is 2.38 bits per heavy atom. The van der Waals surface area contributed by atoms with Crippen molar-refractivity contribution in [3.8, 4) is 0 Å². The fourth-order valence-corrected chi connectivity index (χ4v) is 2.58. The number of aromatic nitrogens is 1. The van der Waals surface area contributed by atoms with Gasteiger partial charge < -0.3 is 9.32 Å². The third-order valence-corrected chi connectivity index (χ3v) is 3.57. The number of para-hydroxylation sites is 1. The minimum absolute atomic E-state index is 0.253. The van der Waals surface area contributed by atoms with Crippen molar-refractivity contribution in [1.29, 1.82) is 0 Å². The first-order valence-electron chi connectivity index (χ1n) is 7.75. The summed E-state index contributed by atoms with van der Waals surface area (Å²) < 4.78 is 0.492. The molecule has 24 heavy (non-hydrogen) atoms. The van der Waals surface area contributed by atoms with Crippen LogP contribution in [0, 0.1) is 0 Å². The lowest BCUT2D eigenvalue weighted by atomic mass is 10.0. The van der Waals surface area contributed by atoms with Crippen LogP contribution in [-0.4, -0.2) is 49.3 Å². The van der Waals surface area contributed by atoms with Crippen LogP contribution in [0.1, 0.15) is 5.69 Å². The lowest BCUT2D eigenvalue weighted by Gasteiger charge is -2.21. The summed E-state index contributed by atoms with van der Waals surface area (Å²) in [5.74, 6) is -0.371. The predicted octanol–water partition coefficient (Wildman–Crippen LogP) is 2.97. The number of benzene rings is 2. The Bertz CT molecular complexity index is 927. The van der Waals surface area contributed by atoms with E-state index in [1.807, 2.05) is 63.6 Å². The third kappa shape index (κ3) is 3.58. The van der Waals surface area contributed by atoms with Crippen LogP contribution in [0.4, 0.5) is 0 Å². The molecule has 3 rings (SSSR count). The van der Waals surface area contributed by atoms with E-state index in [9.17, 15) is 4.79 Å². The molecule has 0 saturated heterocycles. The molecule has 3 aromatic rings.